The molecule has 0 fully saturated rings. The predicted octanol–water partition coefficient (Wildman–Crippen LogP) is 0.796. The third-order valence-electron chi connectivity index (χ3n) is 2.83. The molecule has 0 aliphatic carbocycles. The summed E-state index contributed by atoms with van der Waals surface area (Å²) in [6, 6.07) is 0. The van der Waals surface area contributed by atoms with Gasteiger partial charge < -0.3 is 15.6 Å². The molecule has 0 spiro atoms. The van der Waals surface area contributed by atoms with Gasteiger partial charge in [-0.2, -0.15) is 0 Å². The molecule has 0 radical (unpaired) electrons. The first-order valence-corrected chi connectivity index (χ1v) is 5.72. The van der Waals surface area contributed by atoms with Gasteiger partial charge in [-0.1, -0.05) is 6.08 Å². The van der Waals surface area contributed by atoms with Gasteiger partial charge in [0.15, 0.2) is 17.7 Å². The number of hydrogen-bond acceptors (Lipinski definition) is 7. The molecule has 3 heterocycles. The van der Waals surface area contributed by atoms with Gasteiger partial charge in [-0.15, -0.1) is 0 Å². The van der Waals surface area contributed by atoms with Crippen molar-refractivity contribution in [3.63, 3.8) is 0 Å². The summed E-state index contributed by atoms with van der Waals surface area (Å²) in [5, 5.41) is 12.4. The van der Waals surface area contributed by atoms with Crippen LogP contribution in [-0.2, 0) is 4.74 Å². The van der Waals surface area contributed by atoms with E-state index in [9.17, 15) is 0 Å². The van der Waals surface area contributed by atoms with Crippen LogP contribution in [0.1, 0.15) is 6.23 Å². The fraction of sp³-hybridized carbons (Fsp3) is 0.300. The molecule has 3 rings (SSSR count). The highest BCUT2D eigenvalue weighted by Crippen LogP contribution is 2.27. The van der Waals surface area contributed by atoms with Gasteiger partial charge >= 0.3 is 0 Å². The van der Waals surface area contributed by atoms with Crippen LogP contribution in [-0.4, -0.2) is 37.3 Å². The second-order valence-corrected chi connectivity index (χ2v) is 4.05. The van der Waals surface area contributed by atoms with Crippen LogP contribution in [0.25, 0.3) is 21.6 Å². The zero-order valence-corrected chi connectivity index (χ0v) is 10.2. The molecule has 20 heavy (non-hydrogen) atoms. The molecular formula is C10H10N8O2. The summed E-state index contributed by atoms with van der Waals surface area (Å²) in [6.07, 6.45) is 4.20. The maximum atomic E-state index is 9.05. The molecule has 1 aliphatic heterocycles. The van der Waals surface area contributed by atoms with Gasteiger partial charge in [-0.05, 0) is 16.7 Å². The van der Waals surface area contributed by atoms with E-state index in [1.165, 1.54) is 6.33 Å². The largest absolute Gasteiger partial charge is 0.393 e. The second-order valence-electron chi connectivity index (χ2n) is 4.05. The number of azide groups is 1. The van der Waals surface area contributed by atoms with Crippen molar-refractivity contribution in [1.82, 2.24) is 19.5 Å². The van der Waals surface area contributed by atoms with E-state index in [1.807, 2.05) is 0 Å². The number of anilines is 1. The van der Waals surface area contributed by atoms with Gasteiger partial charge in [0.05, 0.1) is 12.9 Å². The molecule has 2 aromatic heterocycles. The Labute approximate surface area is 112 Å². The number of aliphatic hydroxyl groups excluding tert-OH is 1. The van der Waals surface area contributed by atoms with Gasteiger partial charge in [-0.25, -0.2) is 15.0 Å². The molecule has 3 N–H and O–H groups in total. The van der Waals surface area contributed by atoms with E-state index in [-0.39, 0.29) is 24.5 Å². The van der Waals surface area contributed by atoms with Crippen LogP contribution in [0.3, 0.4) is 0 Å². The van der Waals surface area contributed by atoms with Gasteiger partial charge in [0, 0.05) is 4.91 Å². The topological polar surface area (TPSA) is 148 Å². The van der Waals surface area contributed by atoms with Crippen molar-refractivity contribution in [2.75, 3.05) is 12.3 Å². The lowest BCUT2D eigenvalue weighted by atomic mass is 10.4. The molecule has 0 saturated carbocycles. The quantitative estimate of drug-likeness (QED) is 0.366. The maximum absolute atomic E-state index is 9.05. The lowest BCUT2D eigenvalue weighted by molar-refractivity contribution is -0.00638. The highest BCUT2D eigenvalue weighted by molar-refractivity contribution is 5.82. The minimum absolute atomic E-state index is 0.0834. The fourth-order valence-corrected chi connectivity index (χ4v) is 1.95. The fourth-order valence-electron chi connectivity index (χ4n) is 1.95. The summed E-state index contributed by atoms with van der Waals surface area (Å²) >= 11 is 0. The van der Waals surface area contributed by atoms with E-state index in [2.05, 4.69) is 25.0 Å². The smallest absolute Gasteiger partial charge is 0.220 e. The number of hydrogen-bond donors (Lipinski definition) is 2. The number of aliphatic hydroxyl groups is 1. The SMILES string of the molecule is [N-]=[N+]=Nc1nc(N)c2ncn([C@H]3C=C[C@@H](CO)O3)c2n1. The highest BCUT2D eigenvalue weighted by atomic mass is 16.5. The summed E-state index contributed by atoms with van der Waals surface area (Å²) in [6.45, 7) is -0.110. The average Bonchev–Trinajstić information content (AvgIpc) is 3.04. The monoisotopic (exact) mass is 274 g/mol. The summed E-state index contributed by atoms with van der Waals surface area (Å²) in [4.78, 5) is 14.7. The van der Waals surface area contributed by atoms with Crippen molar-refractivity contribution >= 4 is 22.9 Å². The Hall–Kier alpha value is -2.68. The average molecular weight is 274 g/mol. The molecule has 102 valence electrons. The molecule has 1 aliphatic rings. The lowest BCUT2D eigenvalue weighted by Gasteiger charge is -2.14. The van der Waals surface area contributed by atoms with E-state index >= 15 is 0 Å². The number of rotatable bonds is 3. The number of nitrogen functional groups attached to an aromatic ring is 1. The molecule has 0 bridgehead atoms. The number of aromatic nitrogens is 4. The van der Waals surface area contributed by atoms with Crippen LogP contribution in [0.15, 0.2) is 23.6 Å². The number of fused-ring (bicyclic) bond motifs is 1. The minimum Gasteiger partial charge on any atom is -0.393 e. The van der Waals surface area contributed by atoms with E-state index in [1.54, 1.807) is 16.7 Å². The Bertz CT molecular complexity index is 732. The Balaban J connectivity index is 2.08. The third kappa shape index (κ3) is 1.93. The van der Waals surface area contributed by atoms with E-state index in [4.69, 9.17) is 21.1 Å². The van der Waals surface area contributed by atoms with Crippen molar-refractivity contribution in [2.24, 2.45) is 5.11 Å². The molecule has 2 aromatic rings. The number of ether oxygens (including phenoxy) is 1. The Morgan fingerprint density at radius 3 is 3.05 bits per heavy atom. The third-order valence-corrected chi connectivity index (χ3v) is 2.83. The van der Waals surface area contributed by atoms with Crippen molar-refractivity contribution in [1.29, 1.82) is 0 Å². The summed E-state index contributed by atoms with van der Waals surface area (Å²) in [5.41, 5.74) is 15.0. The molecule has 10 heteroatoms. The summed E-state index contributed by atoms with van der Waals surface area (Å²) in [5.74, 6) is 0.0387. The van der Waals surface area contributed by atoms with Crippen molar-refractivity contribution < 1.29 is 9.84 Å². The van der Waals surface area contributed by atoms with Crippen molar-refractivity contribution in [3.05, 3.63) is 28.9 Å². The van der Waals surface area contributed by atoms with E-state index in [0.717, 1.165) is 0 Å². The van der Waals surface area contributed by atoms with Crippen LogP contribution < -0.4 is 5.73 Å². The van der Waals surface area contributed by atoms with E-state index < -0.39 is 6.23 Å². The summed E-state index contributed by atoms with van der Waals surface area (Å²) < 4.78 is 7.18. The Morgan fingerprint density at radius 1 is 1.50 bits per heavy atom. The first kappa shape index (κ1) is 12.4. The molecular weight excluding hydrogens is 264 g/mol. The summed E-state index contributed by atoms with van der Waals surface area (Å²) in [7, 11) is 0. The number of nitrogens with two attached hydrogens (primary N) is 1. The first-order valence-electron chi connectivity index (χ1n) is 5.72. The second kappa shape index (κ2) is 4.78. The minimum atomic E-state index is -0.453. The Morgan fingerprint density at radius 2 is 2.35 bits per heavy atom. The van der Waals surface area contributed by atoms with Crippen LogP contribution in [0.2, 0.25) is 0 Å². The van der Waals surface area contributed by atoms with Crippen LogP contribution in [0.4, 0.5) is 11.8 Å². The molecule has 0 aromatic carbocycles. The molecule has 0 unspecified atom stereocenters. The van der Waals surface area contributed by atoms with Gasteiger partial charge in [0.25, 0.3) is 0 Å². The molecule has 0 amide bonds. The van der Waals surface area contributed by atoms with Crippen LogP contribution >= 0.6 is 0 Å². The molecule has 10 nitrogen and oxygen atoms in total. The zero-order chi connectivity index (χ0) is 14.1. The van der Waals surface area contributed by atoms with Crippen LogP contribution in [0.5, 0.6) is 0 Å². The maximum Gasteiger partial charge on any atom is 0.220 e. The lowest BCUT2D eigenvalue weighted by Crippen LogP contribution is -2.15. The normalized spacial score (nSPS) is 21.2. The van der Waals surface area contributed by atoms with Crippen molar-refractivity contribution in [3.8, 4) is 0 Å². The standard InChI is InChI=1S/C10H10N8O2/c11-8-7-9(15-10(14-8)16-17-12)18(4-13-7)6-2-1-5(3-19)20-6/h1-2,4-6,19H,3H2,(H2,11,14,15)/t5-,6+/m0/s1. The number of nitrogens with zero attached hydrogens (tertiary/aromatic N) is 7. The zero-order valence-electron chi connectivity index (χ0n) is 10.2. The molecule has 2 atom stereocenters. The van der Waals surface area contributed by atoms with E-state index in [0.29, 0.717) is 11.2 Å². The van der Waals surface area contributed by atoms with Gasteiger partial charge in [-0.3, -0.25) is 4.57 Å². The van der Waals surface area contributed by atoms with Gasteiger partial charge in [0.2, 0.25) is 5.95 Å². The first-order chi connectivity index (χ1) is 9.72. The molecule has 0 saturated heterocycles. The van der Waals surface area contributed by atoms with Gasteiger partial charge in [0.1, 0.15) is 11.6 Å². The highest BCUT2D eigenvalue weighted by Gasteiger charge is 2.23. The van der Waals surface area contributed by atoms with Crippen molar-refractivity contribution in [2.45, 2.75) is 12.3 Å². The predicted molar refractivity (Wildman–Crippen MR) is 68.7 cm³/mol. The number of imidazole rings is 1. The van der Waals surface area contributed by atoms with Crippen LogP contribution in [0, 0.1) is 0 Å². The Kier molecular flexibility index (Phi) is 2.95.